The predicted octanol–water partition coefficient (Wildman–Crippen LogP) is 4.68. The first-order valence-corrected chi connectivity index (χ1v) is 8.10. The highest BCUT2D eigenvalue weighted by Crippen LogP contribution is 2.33. The number of halogens is 2. The SMILES string of the molecule is Cc1ccccc1CNC(=O)c1c(-c2c(F)cccc2Cl)noc1C. The van der Waals surface area contributed by atoms with Crippen LogP contribution in [0.4, 0.5) is 4.39 Å². The second-order valence-electron chi connectivity index (χ2n) is 5.67. The van der Waals surface area contributed by atoms with Gasteiger partial charge in [-0.3, -0.25) is 4.79 Å². The highest BCUT2D eigenvalue weighted by Gasteiger charge is 2.25. The molecule has 0 aliphatic carbocycles. The first-order chi connectivity index (χ1) is 12.0. The van der Waals surface area contributed by atoms with Crippen molar-refractivity contribution in [3.63, 3.8) is 0 Å². The monoisotopic (exact) mass is 358 g/mol. The molecule has 128 valence electrons. The molecule has 0 saturated heterocycles. The number of aromatic nitrogens is 1. The zero-order valence-electron chi connectivity index (χ0n) is 13.8. The molecule has 4 nitrogen and oxygen atoms in total. The van der Waals surface area contributed by atoms with Gasteiger partial charge in [0.1, 0.15) is 22.8 Å². The Morgan fingerprint density at radius 1 is 1.20 bits per heavy atom. The number of aryl methyl sites for hydroxylation is 2. The average Bonchev–Trinajstić information content (AvgIpc) is 2.95. The molecule has 25 heavy (non-hydrogen) atoms. The average molecular weight is 359 g/mol. The smallest absolute Gasteiger partial charge is 0.257 e. The molecule has 1 heterocycles. The maximum absolute atomic E-state index is 14.2. The Bertz CT molecular complexity index is 917. The van der Waals surface area contributed by atoms with Crippen LogP contribution in [0.1, 0.15) is 27.2 Å². The van der Waals surface area contributed by atoms with E-state index in [0.717, 1.165) is 11.1 Å². The number of rotatable bonds is 4. The van der Waals surface area contributed by atoms with Crippen molar-refractivity contribution in [1.82, 2.24) is 10.5 Å². The van der Waals surface area contributed by atoms with Crippen molar-refractivity contribution >= 4 is 17.5 Å². The molecule has 1 N–H and O–H groups in total. The van der Waals surface area contributed by atoms with E-state index in [1.807, 2.05) is 31.2 Å². The van der Waals surface area contributed by atoms with E-state index in [0.29, 0.717) is 12.3 Å². The van der Waals surface area contributed by atoms with Gasteiger partial charge < -0.3 is 9.84 Å². The van der Waals surface area contributed by atoms with Gasteiger partial charge >= 0.3 is 0 Å². The summed E-state index contributed by atoms with van der Waals surface area (Å²) in [4.78, 5) is 12.7. The van der Waals surface area contributed by atoms with E-state index in [9.17, 15) is 9.18 Å². The van der Waals surface area contributed by atoms with E-state index in [2.05, 4.69) is 10.5 Å². The van der Waals surface area contributed by atoms with Gasteiger partial charge in [-0.25, -0.2) is 4.39 Å². The van der Waals surface area contributed by atoms with Crippen molar-refractivity contribution in [1.29, 1.82) is 0 Å². The standard InChI is InChI=1S/C19H16ClFN2O2/c1-11-6-3-4-7-13(11)10-22-19(24)16-12(2)25-23-18(16)17-14(20)8-5-9-15(17)21/h3-9H,10H2,1-2H3,(H,22,24). The van der Waals surface area contributed by atoms with E-state index in [1.54, 1.807) is 13.0 Å². The van der Waals surface area contributed by atoms with E-state index < -0.39 is 11.7 Å². The van der Waals surface area contributed by atoms with Crippen molar-refractivity contribution in [3.05, 3.63) is 75.8 Å². The lowest BCUT2D eigenvalue weighted by atomic mass is 10.0. The fourth-order valence-corrected chi connectivity index (χ4v) is 2.86. The molecule has 2 aromatic carbocycles. The summed E-state index contributed by atoms with van der Waals surface area (Å²) in [5.41, 5.74) is 2.41. The van der Waals surface area contributed by atoms with E-state index in [1.165, 1.54) is 12.1 Å². The molecule has 0 aliphatic rings. The minimum Gasteiger partial charge on any atom is -0.360 e. The molecule has 3 rings (SSSR count). The highest BCUT2D eigenvalue weighted by atomic mass is 35.5. The normalized spacial score (nSPS) is 10.7. The highest BCUT2D eigenvalue weighted by molar-refractivity contribution is 6.33. The zero-order valence-corrected chi connectivity index (χ0v) is 14.5. The number of nitrogens with zero attached hydrogens (tertiary/aromatic N) is 1. The zero-order chi connectivity index (χ0) is 18.0. The molecule has 0 fully saturated rings. The summed E-state index contributed by atoms with van der Waals surface area (Å²) in [6, 6.07) is 12.0. The molecule has 0 atom stereocenters. The van der Waals surface area contributed by atoms with Crippen LogP contribution in [0.25, 0.3) is 11.3 Å². The quantitative estimate of drug-likeness (QED) is 0.736. The lowest BCUT2D eigenvalue weighted by Crippen LogP contribution is -2.24. The van der Waals surface area contributed by atoms with Gasteiger partial charge in [0.2, 0.25) is 0 Å². The van der Waals surface area contributed by atoms with Gasteiger partial charge in [-0.1, -0.05) is 47.1 Å². The van der Waals surface area contributed by atoms with Crippen molar-refractivity contribution in [2.75, 3.05) is 0 Å². The molecule has 3 aromatic rings. The first kappa shape index (κ1) is 17.2. The maximum Gasteiger partial charge on any atom is 0.257 e. The van der Waals surface area contributed by atoms with Crippen molar-refractivity contribution in [3.8, 4) is 11.3 Å². The van der Waals surface area contributed by atoms with Crippen LogP contribution in [0, 0.1) is 19.7 Å². The van der Waals surface area contributed by atoms with Crippen molar-refractivity contribution < 1.29 is 13.7 Å². The van der Waals surface area contributed by atoms with Crippen LogP contribution in [0.15, 0.2) is 47.0 Å². The molecular formula is C19H16ClFN2O2. The second kappa shape index (κ2) is 7.07. The molecule has 0 spiro atoms. The summed E-state index contributed by atoms with van der Waals surface area (Å²) in [5.74, 6) is -0.651. The Labute approximate surface area is 149 Å². The minimum atomic E-state index is -0.561. The summed E-state index contributed by atoms with van der Waals surface area (Å²) in [5, 5.41) is 6.84. The van der Waals surface area contributed by atoms with Crippen LogP contribution in [-0.4, -0.2) is 11.1 Å². The molecule has 0 bridgehead atoms. The van der Waals surface area contributed by atoms with Gasteiger partial charge in [-0.05, 0) is 37.1 Å². The molecule has 6 heteroatoms. The summed E-state index contributed by atoms with van der Waals surface area (Å²) in [7, 11) is 0. The minimum absolute atomic E-state index is 0.0575. The van der Waals surface area contributed by atoms with E-state index >= 15 is 0 Å². The molecule has 0 radical (unpaired) electrons. The van der Waals surface area contributed by atoms with Gasteiger partial charge in [-0.2, -0.15) is 0 Å². The topological polar surface area (TPSA) is 55.1 Å². The fourth-order valence-electron chi connectivity index (χ4n) is 2.61. The molecule has 1 aromatic heterocycles. The largest absolute Gasteiger partial charge is 0.360 e. The number of amides is 1. The van der Waals surface area contributed by atoms with Gasteiger partial charge in [0, 0.05) is 6.54 Å². The number of carbonyl (C=O) groups is 1. The van der Waals surface area contributed by atoms with Crippen LogP contribution in [0.5, 0.6) is 0 Å². The van der Waals surface area contributed by atoms with Gasteiger partial charge in [-0.15, -0.1) is 0 Å². The first-order valence-electron chi connectivity index (χ1n) is 7.72. The van der Waals surface area contributed by atoms with E-state index in [4.69, 9.17) is 16.1 Å². The van der Waals surface area contributed by atoms with Gasteiger partial charge in [0.25, 0.3) is 5.91 Å². The van der Waals surface area contributed by atoms with Gasteiger partial charge in [0.15, 0.2) is 0 Å². The number of hydrogen-bond acceptors (Lipinski definition) is 3. The van der Waals surface area contributed by atoms with Crippen LogP contribution in [0.2, 0.25) is 5.02 Å². The lowest BCUT2D eigenvalue weighted by Gasteiger charge is -2.09. The Morgan fingerprint density at radius 2 is 1.96 bits per heavy atom. The maximum atomic E-state index is 14.2. The van der Waals surface area contributed by atoms with Gasteiger partial charge in [0.05, 0.1) is 10.6 Å². The summed E-state index contributed by atoms with van der Waals surface area (Å²) >= 11 is 6.09. The summed E-state index contributed by atoms with van der Waals surface area (Å²) < 4.78 is 19.3. The Kier molecular flexibility index (Phi) is 4.86. The molecule has 0 saturated carbocycles. The molecular weight excluding hydrogens is 343 g/mol. The number of carbonyl (C=O) groups excluding carboxylic acids is 1. The van der Waals surface area contributed by atoms with Crippen molar-refractivity contribution in [2.45, 2.75) is 20.4 Å². The third kappa shape index (κ3) is 3.42. The summed E-state index contributed by atoms with van der Waals surface area (Å²) in [6.45, 7) is 3.92. The third-order valence-electron chi connectivity index (χ3n) is 3.99. The number of nitrogens with one attached hydrogen (secondary N) is 1. The number of hydrogen-bond donors (Lipinski definition) is 1. The van der Waals surface area contributed by atoms with Crippen LogP contribution in [0.3, 0.4) is 0 Å². The molecule has 0 aliphatic heterocycles. The Balaban J connectivity index is 1.92. The predicted molar refractivity (Wildman–Crippen MR) is 94.0 cm³/mol. The molecule has 0 unspecified atom stereocenters. The van der Waals surface area contributed by atoms with Crippen molar-refractivity contribution in [2.24, 2.45) is 0 Å². The van der Waals surface area contributed by atoms with Crippen LogP contribution < -0.4 is 5.32 Å². The number of benzene rings is 2. The molecule has 1 amide bonds. The fraction of sp³-hybridized carbons (Fsp3) is 0.158. The van der Waals surface area contributed by atoms with Crippen LogP contribution >= 0.6 is 11.6 Å². The van der Waals surface area contributed by atoms with E-state index in [-0.39, 0.29) is 21.8 Å². The Morgan fingerprint density at radius 3 is 2.68 bits per heavy atom. The second-order valence-corrected chi connectivity index (χ2v) is 6.08. The summed E-state index contributed by atoms with van der Waals surface area (Å²) in [6.07, 6.45) is 0. The Hall–Kier alpha value is -2.66. The van der Waals surface area contributed by atoms with Crippen LogP contribution in [-0.2, 0) is 6.54 Å². The lowest BCUT2D eigenvalue weighted by molar-refractivity contribution is 0.0950. The third-order valence-corrected chi connectivity index (χ3v) is 4.30.